The average Bonchev–Trinajstić information content (AvgIpc) is 1.20. The molecule has 0 fully saturated rings. The molecule has 0 spiro atoms. The van der Waals surface area contributed by atoms with E-state index in [0.717, 1.165) is 74.7 Å². The number of aromatic nitrogens is 4. The van der Waals surface area contributed by atoms with Crippen LogP contribution >= 0.6 is 43.5 Å². The first-order valence-electron chi connectivity index (χ1n) is 40.2. The molecule has 17 aromatic carbocycles. The van der Waals surface area contributed by atoms with Crippen LogP contribution < -0.4 is 0 Å². The minimum absolute atomic E-state index is 0.0271. The van der Waals surface area contributed by atoms with Crippen molar-refractivity contribution in [1.29, 1.82) is 0 Å². The summed E-state index contributed by atoms with van der Waals surface area (Å²) < 4.78 is 21.8. The molecule has 118 heavy (non-hydrogen) atoms. The summed E-state index contributed by atoms with van der Waals surface area (Å²) in [5.41, 5.74) is 33.2. The average molecular weight is 1670 g/mol. The predicted molar refractivity (Wildman–Crippen MR) is 504 cm³/mol. The standard InChI is InChI=1S/C51H33BrN2O.C36H22N2O.C15H12BrCl.C7H8/c1-51(2)43-27-32(52)17-22-35(43)36-23-18-34(29-44(36)51)54-46-13-7-4-10-38(46)40-21-16-31(26-48(40)54)30-15-20-39-37-9-3-6-12-45(37)53(47(39)25-30)33-19-24-50-42(28-33)41-11-5-8-14-49(41)55-50;1-4-10-31-25(7-1)26-16-13-22(19-32(26)37-31)23-14-17-28-27-8-2-5-11-33(27)38(34(28)20-23)24-15-18-36-30(21-24)29-9-3-6-12-35(29)39-36;1-15(2)13-7-9(16)3-5-11(13)12-6-4-10(17)8-14(12)15;1-7-5-3-2-4-6-7/h3-29H,1-2H3;1-21,37H;3-8H,1-2H3;2-6H,1H3. The first kappa shape index (κ1) is 71.3. The van der Waals surface area contributed by atoms with E-state index >= 15 is 0 Å². The van der Waals surface area contributed by atoms with Crippen molar-refractivity contribution in [1.82, 2.24) is 18.7 Å². The summed E-state index contributed by atoms with van der Waals surface area (Å²) >= 11 is 13.4. The van der Waals surface area contributed by atoms with Crippen molar-refractivity contribution in [3.05, 3.63) is 400 Å². The van der Waals surface area contributed by atoms with Crippen molar-refractivity contribution < 1.29 is 8.83 Å². The zero-order valence-corrected chi connectivity index (χ0v) is 69.3. The summed E-state index contributed by atoms with van der Waals surface area (Å²) in [6.07, 6.45) is 0. The van der Waals surface area contributed by atoms with Crippen molar-refractivity contribution in [3.63, 3.8) is 0 Å². The SMILES string of the molecule is CC1(C)c2cc(Br)ccc2-c2ccc(-n3c4ccccc4c4ccc(-c5ccc6c7ccccc7n(-c7ccc8oc9ccccc9c8c7)c6c5)cc43)cc21.CC1(C)c2cc(Cl)ccc2-c2ccc(Br)cc21.Cc1ccccc1.c1ccc2c(c1)[nH]c1cc(-c3ccc4c5ccccc5n(-c5ccc6oc7ccccc7c6c5)c4c3)ccc12. The molecule has 0 aliphatic heterocycles. The first-order valence-corrected chi connectivity index (χ1v) is 42.1. The molecule has 6 heterocycles. The fourth-order valence-electron chi connectivity index (χ4n) is 19.1. The number of aryl methyl sites for hydroxylation is 1. The Labute approximate surface area is 703 Å². The summed E-state index contributed by atoms with van der Waals surface area (Å²) in [6, 6.07) is 129. The van der Waals surface area contributed by atoms with Crippen molar-refractivity contribution >= 4 is 175 Å². The summed E-state index contributed by atoms with van der Waals surface area (Å²) in [5.74, 6) is 0. The van der Waals surface area contributed by atoms with Gasteiger partial charge in [-0.15, -0.1) is 0 Å². The van der Waals surface area contributed by atoms with Gasteiger partial charge in [-0.3, -0.25) is 0 Å². The lowest BCUT2D eigenvalue weighted by molar-refractivity contribution is 0.659. The van der Waals surface area contributed by atoms with E-state index in [9.17, 15) is 0 Å². The molecule has 23 aromatic rings. The zero-order valence-electron chi connectivity index (χ0n) is 65.4. The molecule has 0 atom stereocenters. The third-order valence-corrected chi connectivity index (χ3v) is 26.1. The van der Waals surface area contributed by atoms with Gasteiger partial charge in [-0.2, -0.15) is 0 Å². The largest absolute Gasteiger partial charge is 0.456 e. The van der Waals surface area contributed by atoms with Crippen LogP contribution in [0.3, 0.4) is 0 Å². The zero-order chi connectivity index (χ0) is 79.4. The Morgan fingerprint density at radius 1 is 0.263 bits per heavy atom. The number of benzene rings is 17. The van der Waals surface area contributed by atoms with Gasteiger partial charge >= 0.3 is 0 Å². The van der Waals surface area contributed by atoms with Crippen LogP contribution in [0.4, 0.5) is 0 Å². The van der Waals surface area contributed by atoms with Crippen LogP contribution in [0.1, 0.15) is 55.5 Å². The first-order chi connectivity index (χ1) is 57.6. The molecule has 2 aliphatic carbocycles. The van der Waals surface area contributed by atoms with E-state index < -0.39 is 0 Å². The quantitative estimate of drug-likeness (QED) is 0.187. The molecule has 0 unspecified atom stereocenters. The normalized spacial score (nSPS) is 13.1. The maximum atomic E-state index is 6.21. The highest BCUT2D eigenvalue weighted by atomic mass is 79.9. The number of para-hydroxylation sites is 6. The molecule has 1 N–H and O–H groups in total. The molecule has 6 aromatic heterocycles. The van der Waals surface area contributed by atoms with Crippen LogP contribution in [0, 0.1) is 6.92 Å². The molecule has 2 aliphatic rings. The van der Waals surface area contributed by atoms with Gasteiger partial charge in [0.2, 0.25) is 0 Å². The van der Waals surface area contributed by atoms with E-state index in [4.69, 9.17) is 20.4 Å². The number of H-pyrrole nitrogens is 1. The molecule has 0 bridgehead atoms. The Morgan fingerprint density at radius 3 is 1.07 bits per heavy atom. The van der Waals surface area contributed by atoms with Crippen molar-refractivity contribution in [3.8, 4) is 61.6 Å². The number of furan rings is 2. The summed E-state index contributed by atoms with van der Waals surface area (Å²) in [6.45, 7) is 11.3. The topological polar surface area (TPSA) is 56.9 Å². The van der Waals surface area contributed by atoms with Crippen LogP contribution in [0.15, 0.2) is 376 Å². The Balaban J connectivity index is 0.000000114. The number of halogens is 3. The molecule has 9 heteroatoms. The fraction of sp³-hybridized carbons (Fsp3) is 0.0642. The Kier molecular flexibility index (Phi) is 16.8. The Bertz CT molecular complexity index is 8030. The van der Waals surface area contributed by atoms with Gasteiger partial charge in [0, 0.05) is 118 Å². The second kappa shape index (κ2) is 27.8. The second-order valence-electron chi connectivity index (χ2n) is 32.4. The molecule has 6 nitrogen and oxygen atoms in total. The van der Waals surface area contributed by atoms with Gasteiger partial charge in [-0.1, -0.05) is 289 Å². The minimum atomic E-state index is -0.114. The second-order valence-corrected chi connectivity index (χ2v) is 34.7. The van der Waals surface area contributed by atoms with Crippen LogP contribution in [-0.4, -0.2) is 18.7 Å². The summed E-state index contributed by atoms with van der Waals surface area (Å²) in [4.78, 5) is 3.60. The third-order valence-electron chi connectivity index (χ3n) is 24.9. The van der Waals surface area contributed by atoms with Crippen molar-refractivity contribution in [2.75, 3.05) is 0 Å². The maximum absolute atomic E-state index is 6.21. The van der Waals surface area contributed by atoms with Gasteiger partial charge in [-0.05, 0) is 219 Å². The molecule has 0 saturated heterocycles. The molecule has 564 valence electrons. The number of aromatic amines is 1. The van der Waals surface area contributed by atoms with Gasteiger partial charge in [0.25, 0.3) is 0 Å². The molecule has 0 radical (unpaired) electrons. The van der Waals surface area contributed by atoms with Crippen LogP contribution in [0.25, 0.3) is 193 Å². The summed E-state index contributed by atoms with van der Waals surface area (Å²) in [7, 11) is 0. The van der Waals surface area contributed by atoms with Crippen LogP contribution in [-0.2, 0) is 10.8 Å². The number of nitrogens with one attached hydrogen (secondary N) is 1. The van der Waals surface area contributed by atoms with Crippen LogP contribution in [0.5, 0.6) is 0 Å². The van der Waals surface area contributed by atoms with Gasteiger partial charge in [0.1, 0.15) is 22.3 Å². The Morgan fingerprint density at radius 2 is 0.602 bits per heavy atom. The molecule has 0 amide bonds. The highest BCUT2D eigenvalue weighted by molar-refractivity contribution is 9.10. The van der Waals surface area contributed by atoms with Gasteiger partial charge in [0.05, 0.1) is 33.1 Å². The lowest BCUT2D eigenvalue weighted by atomic mass is 9.82. The van der Waals surface area contributed by atoms with E-state index in [1.165, 1.54) is 160 Å². The molecular formula is C109H75Br2ClN4O2. The van der Waals surface area contributed by atoms with Gasteiger partial charge in [0.15, 0.2) is 0 Å². The van der Waals surface area contributed by atoms with E-state index in [1.807, 2.05) is 48.5 Å². The predicted octanol–water partition coefficient (Wildman–Crippen LogP) is 31.9. The van der Waals surface area contributed by atoms with Crippen LogP contribution in [0.2, 0.25) is 5.02 Å². The van der Waals surface area contributed by atoms with Gasteiger partial charge in [-0.25, -0.2) is 0 Å². The highest BCUT2D eigenvalue weighted by Crippen LogP contribution is 2.53. The van der Waals surface area contributed by atoms with E-state index in [0.29, 0.717) is 0 Å². The number of hydrogen-bond acceptors (Lipinski definition) is 2. The highest BCUT2D eigenvalue weighted by Gasteiger charge is 2.37. The lowest BCUT2D eigenvalue weighted by Gasteiger charge is -2.22. The van der Waals surface area contributed by atoms with Crippen molar-refractivity contribution in [2.24, 2.45) is 0 Å². The lowest BCUT2D eigenvalue weighted by Crippen LogP contribution is -2.15. The molecular weight excluding hydrogens is 1590 g/mol. The maximum Gasteiger partial charge on any atom is 0.135 e. The minimum Gasteiger partial charge on any atom is -0.456 e. The number of rotatable bonds is 5. The molecule has 25 rings (SSSR count). The number of nitrogens with zero attached hydrogens (tertiary/aromatic N) is 3. The van der Waals surface area contributed by atoms with Crippen molar-refractivity contribution in [2.45, 2.75) is 45.4 Å². The van der Waals surface area contributed by atoms with E-state index in [-0.39, 0.29) is 10.8 Å². The summed E-state index contributed by atoms with van der Waals surface area (Å²) in [5, 5.41) is 15.3. The number of hydrogen-bond donors (Lipinski definition) is 1. The molecule has 0 saturated carbocycles. The monoisotopic (exact) mass is 1660 g/mol. The van der Waals surface area contributed by atoms with E-state index in [1.54, 1.807) is 0 Å². The fourth-order valence-corrected chi connectivity index (χ4v) is 20.0. The number of fused-ring (bicyclic) bond motifs is 24. The third kappa shape index (κ3) is 11.6. The van der Waals surface area contributed by atoms with Gasteiger partial charge < -0.3 is 27.5 Å². The Hall–Kier alpha value is -13.2. The smallest absolute Gasteiger partial charge is 0.135 e. The van der Waals surface area contributed by atoms with E-state index in [2.05, 4.69) is 395 Å².